The topological polar surface area (TPSA) is 151 Å². The SMILES string of the molecule is CCC(C)C(C(CC(=O)N1C[C@H](OC)C[C@H]1[C@H](OC)[C@@H](C)C(=O)NCCc1ccccn1)OC)N(C)C(=O)[C@@H](NC(=O)[C@@H](NC)C(C)C)C(C)C. The summed E-state index contributed by atoms with van der Waals surface area (Å²) in [4.78, 5) is 62.6. The normalized spacial score (nSPS) is 20.3. The highest BCUT2D eigenvalue weighted by atomic mass is 16.5. The Kier molecular flexibility index (Phi) is 18.5. The molecule has 2 heterocycles. The molecule has 13 nitrogen and oxygen atoms in total. The number of rotatable bonds is 21. The minimum Gasteiger partial charge on any atom is -0.380 e. The van der Waals surface area contributed by atoms with E-state index in [1.54, 1.807) is 51.4 Å². The Hall–Kier alpha value is -3.13. The van der Waals surface area contributed by atoms with Gasteiger partial charge < -0.3 is 40.0 Å². The minimum absolute atomic E-state index is 0.00499. The molecule has 1 aliphatic rings. The zero-order chi connectivity index (χ0) is 38.4. The fraction of sp³-hybridized carbons (Fsp3) is 0.763. The zero-order valence-corrected chi connectivity index (χ0v) is 33.1. The number of carbonyl (C=O) groups excluding carboxylic acids is 4. The van der Waals surface area contributed by atoms with E-state index < -0.39 is 42.3 Å². The maximum atomic E-state index is 14.3. The second-order valence-corrected chi connectivity index (χ2v) is 14.6. The number of nitrogens with one attached hydrogen (secondary N) is 3. The second kappa shape index (κ2) is 21.4. The van der Waals surface area contributed by atoms with E-state index >= 15 is 0 Å². The van der Waals surface area contributed by atoms with Crippen LogP contribution in [-0.4, -0.2) is 129 Å². The smallest absolute Gasteiger partial charge is 0.245 e. The molecule has 0 aliphatic carbocycles. The van der Waals surface area contributed by atoms with Gasteiger partial charge in [-0.2, -0.15) is 0 Å². The zero-order valence-electron chi connectivity index (χ0n) is 33.1. The van der Waals surface area contributed by atoms with Crippen LogP contribution in [-0.2, 0) is 39.8 Å². The molecule has 290 valence electrons. The van der Waals surface area contributed by atoms with Crippen molar-refractivity contribution in [2.24, 2.45) is 23.7 Å². The molecule has 9 atom stereocenters. The van der Waals surface area contributed by atoms with E-state index in [9.17, 15) is 19.2 Å². The quantitative estimate of drug-likeness (QED) is 0.174. The van der Waals surface area contributed by atoms with Crippen LogP contribution in [0, 0.1) is 23.7 Å². The van der Waals surface area contributed by atoms with Gasteiger partial charge >= 0.3 is 0 Å². The first kappa shape index (κ1) is 44.0. The number of methoxy groups -OCH3 is 3. The summed E-state index contributed by atoms with van der Waals surface area (Å²) in [6.07, 6.45) is 2.13. The van der Waals surface area contributed by atoms with Crippen LogP contribution in [0.25, 0.3) is 0 Å². The highest BCUT2D eigenvalue weighted by molar-refractivity contribution is 5.90. The van der Waals surface area contributed by atoms with Crippen molar-refractivity contribution < 1.29 is 33.4 Å². The Morgan fingerprint density at radius 2 is 1.65 bits per heavy atom. The number of nitrogens with zero attached hydrogens (tertiary/aromatic N) is 3. The number of pyridine rings is 1. The maximum Gasteiger partial charge on any atom is 0.245 e. The molecule has 1 saturated heterocycles. The van der Waals surface area contributed by atoms with Crippen molar-refractivity contribution in [2.75, 3.05) is 48.5 Å². The Balaban J connectivity index is 2.28. The van der Waals surface area contributed by atoms with Crippen LogP contribution < -0.4 is 16.0 Å². The number of carbonyl (C=O) groups is 4. The van der Waals surface area contributed by atoms with Crippen molar-refractivity contribution in [3.8, 4) is 0 Å². The monoisotopic (exact) mass is 718 g/mol. The number of hydrogen-bond acceptors (Lipinski definition) is 9. The first-order chi connectivity index (χ1) is 24.2. The van der Waals surface area contributed by atoms with Crippen molar-refractivity contribution in [1.29, 1.82) is 0 Å². The highest BCUT2D eigenvalue weighted by Gasteiger charge is 2.45. The van der Waals surface area contributed by atoms with E-state index in [0.29, 0.717) is 25.9 Å². The molecule has 1 fully saturated rings. The lowest BCUT2D eigenvalue weighted by Gasteiger charge is -2.41. The largest absolute Gasteiger partial charge is 0.380 e. The lowest BCUT2D eigenvalue weighted by molar-refractivity contribution is -0.147. The van der Waals surface area contributed by atoms with Crippen LogP contribution in [0.4, 0.5) is 0 Å². The number of likely N-dealkylation sites (tertiary alicyclic amines) is 1. The molecular formula is C38H66N6O7. The predicted octanol–water partition coefficient (Wildman–Crippen LogP) is 2.67. The van der Waals surface area contributed by atoms with Gasteiger partial charge in [-0.25, -0.2) is 0 Å². The van der Waals surface area contributed by atoms with Gasteiger partial charge in [-0.05, 0) is 43.4 Å². The number of ether oxygens (including phenoxy) is 3. The minimum atomic E-state index is -0.763. The summed E-state index contributed by atoms with van der Waals surface area (Å²) >= 11 is 0. The Labute approximate surface area is 306 Å². The number of likely N-dealkylation sites (N-methyl/N-ethyl adjacent to an activating group) is 2. The first-order valence-electron chi connectivity index (χ1n) is 18.5. The summed E-state index contributed by atoms with van der Waals surface area (Å²) in [6, 6.07) is 3.61. The van der Waals surface area contributed by atoms with Crippen molar-refractivity contribution in [3.63, 3.8) is 0 Å². The molecule has 2 rings (SSSR count). The van der Waals surface area contributed by atoms with Crippen molar-refractivity contribution in [3.05, 3.63) is 30.1 Å². The molecule has 0 radical (unpaired) electrons. The molecule has 1 aliphatic heterocycles. The molecular weight excluding hydrogens is 652 g/mol. The molecule has 0 aromatic carbocycles. The predicted molar refractivity (Wildman–Crippen MR) is 198 cm³/mol. The van der Waals surface area contributed by atoms with E-state index in [1.807, 2.05) is 66.7 Å². The van der Waals surface area contributed by atoms with Gasteiger partial charge in [0.25, 0.3) is 0 Å². The van der Waals surface area contributed by atoms with E-state index in [-0.39, 0.29) is 53.9 Å². The molecule has 13 heteroatoms. The fourth-order valence-electron chi connectivity index (χ4n) is 7.22. The first-order valence-corrected chi connectivity index (χ1v) is 18.5. The van der Waals surface area contributed by atoms with E-state index in [2.05, 4.69) is 20.9 Å². The third kappa shape index (κ3) is 11.9. The van der Waals surface area contributed by atoms with Gasteiger partial charge in [0.1, 0.15) is 6.04 Å². The molecule has 0 bridgehead atoms. The Morgan fingerprint density at radius 1 is 0.980 bits per heavy atom. The average molecular weight is 719 g/mol. The van der Waals surface area contributed by atoms with Gasteiger partial charge in [-0.3, -0.25) is 24.2 Å². The number of amides is 4. The second-order valence-electron chi connectivity index (χ2n) is 14.6. The molecule has 0 saturated carbocycles. The molecule has 1 aromatic heterocycles. The summed E-state index contributed by atoms with van der Waals surface area (Å²) in [6.45, 7) is 14.4. The number of hydrogen-bond donors (Lipinski definition) is 3. The molecule has 51 heavy (non-hydrogen) atoms. The van der Waals surface area contributed by atoms with Crippen LogP contribution in [0.1, 0.15) is 73.4 Å². The standard InChI is InChI=1S/C38H66N6O7/c1-13-25(6)34(43(9)38(48)33(24(4)5)42-37(47)32(39-8)23(2)3)30(50-11)21-31(45)44-22-28(49-10)20-29(44)35(51-12)26(7)36(46)41-19-17-27-16-14-15-18-40-27/h14-16,18,23-26,28-30,32-35,39H,13,17,19-22H2,1-12H3,(H,41,46)(H,42,47)/t25?,26-,28-,29+,30?,32+,33+,34?,35-/m1/s1. The summed E-state index contributed by atoms with van der Waals surface area (Å²) in [5.74, 6) is -1.53. The van der Waals surface area contributed by atoms with Crippen molar-refractivity contribution in [2.45, 2.75) is 117 Å². The third-order valence-corrected chi connectivity index (χ3v) is 10.5. The van der Waals surface area contributed by atoms with Gasteiger partial charge in [0.15, 0.2) is 0 Å². The summed E-state index contributed by atoms with van der Waals surface area (Å²) in [7, 11) is 8.20. The molecule has 3 unspecified atom stereocenters. The van der Waals surface area contributed by atoms with Crippen LogP contribution >= 0.6 is 0 Å². The molecule has 1 aromatic rings. The van der Waals surface area contributed by atoms with Gasteiger partial charge in [0.05, 0.1) is 48.8 Å². The molecule has 0 spiro atoms. The van der Waals surface area contributed by atoms with E-state index in [0.717, 1.165) is 12.1 Å². The maximum absolute atomic E-state index is 14.3. The van der Waals surface area contributed by atoms with Gasteiger partial charge in [-0.15, -0.1) is 0 Å². The fourth-order valence-corrected chi connectivity index (χ4v) is 7.22. The van der Waals surface area contributed by atoms with Gasteiger partial charge in [0.2, 0.25) is 23.6 Å². The van der Waals surface area contributed by atoms with E-state index in [4.69, 9.17) is 14.2 Å². The summed E-state index contributed by atoms with van der Waals surface area (Å²) in [5, 5.41) is 9.04. The van der Waals surface area contributed by atoms with Crippen LogP contribution in [0.3, 0.4) is 0 Å². The summed E-state index contributed by atoms with van der Waals surface area (Å²) < 4.78 is 17.7. The van der Waals surface area contributed by atoms with Gasteiger partial charge in [-0.1, -0.05) is 61.0 Å². The number of aromatic nitrogens is 1. The lowest BCUT2D eigenvalue weighted by atomic mass is 9.89. The highest BCUT2D eigenvalue weighted by Crippen LogP contribution is 2.30. The van der Waals surface area contributed by atoms with Crippen LogP contribution in [0.2, 0.25) is 0 Å². The van der Waals surface area contributed by atoms with Crippen LogP contribution in [0.5, 0.6) is 0 Å². The Bertz CT molecular complexity index is 1230. The van der Waals surface area contributed by atoms with Crippen molar-refractivity contribution >= 4 is 23.6 Å². The molecule has 4 amide bonds. The third-order valence-electron chi connectivity index (χ3n) is 10.5. The summed E-state index contributed by atoms with van der Waals surface area (Å²) in [5.41, 5.74) is 0.887. The van der Waals surface area contributed by atoms with Crippen molar-refractivity contribution in [1.82, 2.24) is 30.7 Å². The average Bonchev–Trinajstić information content (AvgIpc) is 3.54. The van der Waals surface area contributed by atoms with E-state index in [1.165, 1.54) is 0 Å². The van der Waals surface area contributed by atoms with Crippen LogP contribution in [0.15, 0.2) is 24.4 Å². The Morgan fingerprint density at radius 3 is 2.16 bits per heavy atom. The molecule has 3 N–H and O–H groups in total. The van der Waals surface area contributed by atoms with Gasteiger partial charge in [0, 0.05) is 59.8 Å². The lowest BCUT2D eigenvalue weighted by Crippen LogP contribution is -2.59.